The molecule has 0 bridgehead atoms. The maximum absolute atomic E-state index is 11.0. The summed E-state index contributed by atoms with van der Waals surface area (Å²) in [4.78, 5) is 23.3. The molecule has 2 aromatic carbocycles. The standard InChI is InChI=1S/C26H30N6O2/c1-18(19-8-4-2-5-9-19)30-25-22-16-23(31-26(22)29-17-28-25)20-11-13-21(14-12-20)27-15-7-3-6-10-24(33)32-34/h2,4-5,8-9,11-14,16-18,27,34H,3,6-7,10,15H2,1H3,(H,32,33)(H2,28,29,30,31)/t18-/m1/s1. The van der Waals surface area contributed by atoms with Gasteiger partial charge in [0.05, 0.1) is 5.39 Å². The van der Waals surface area contributed by atoms with Gasteiger partial charge in [0, 0.05) is 30.4 Å². The fourth-order valence-corrected chi connectivity index (χ4v) is 3.88. The van der Waals surface area contributed by atoms with E-state index in [1.54, 1.807) is 11.8 Å². The van der Waals surface area contributed by atoms with Gasteiger partial charge < -0.3 is 15.6 Å². The van der Waals surface area contributed by atoms with E-state index < -0.39 is 0 Å². The number of nitrogens with zero attached hydrogens (tertiary/aromatic N) is 2. The molecular formula is C26H30N6O2. The first-order valence-electron chi connectivity index (χ1n) is 11.6. The summed E-state index contributed by atoms with van der Waals surface area (Å²) in [5, 5.41) is 16.4. The Kier molecular flexibility index (Phi) is 7.72. The molecule has 0 aliphatic carbocycles. The van der Waals surface area contributed by atoms with Gasteiger partial charge in [0.25, 0.3) is 0 Å². The maximum atomic E-state index is 11.0. The summed E-state index contributed by atoms with van der Waals surface area (Å²) < 4.78 is 0. The second-order valence-corrected chi connectivity index (χ2v) is 8.29. The van der Waals surface area contributed by atoms with Gasteiger partial charge in [0.2, 0.25) is 5.91 Å². The number of unbranched alkanes of at least 4 members (excludes halogenated alkanes) is 2. The van der Waals surface area contributed by atoms with E-state index in [1.807, 2.05) is 18.2 Å². The van der Waals surface area contributed by atoms with Crippen molar-refractivity contribution in [1.82, 2.24) is 20.4 Å². The predicted octanol–water partition coefficient (Wildman–Crippen LogP) is 5.28. The summed E-state index contributed by atoms with van der Waals surface area (Å²) in [7, 11) is 0. The van der Waals surface area contributed by atoms with Gasteiger partial charge in [0.15, 0.2) is 0 Å². The van der Waals surface area contributed by atoms with E-state index in [1.165, 1.54) is 5.56 Å². The first kappa shape index (κ1) is 23.3. The SMILES string of the molecule is C[C@@H](Nc1ncnc2[nH]c(-c3ccc(NCCCCCC(=O)NO)cc3)cc12)c1ccccc1. The van der Waals surface area contributed by atoms with Crippen molar-refractivity contribution >= 4 is 28.4 Å². The molecule has 2 aromatic heterocycles. The monoisotopic (exact) mass is 458 g/mol. The van der Waals surface area contributed by atoms with E-state index in [0.29, 0.717) is 6.42 Å². The Balaban J connectivity index is 1.37. The number of carbonyl (C=O) groups excluding carboxylic acids is 1. The third-order valence-corrected chi connectivity index (χ3v) is 5.81. The average molecular weight is 459 g/mol. The van der Waals surface area contributed by atoms with Crippen LogP contribution in [0.1, 0.15) is 44.2 Å². The van der Waals surface area contributed by atoms with Crippen LogP contribution in [0.5, 0.6) is 0 Å². The molecule has 1 atom stereocenters. The number of aromatic amines is 1. The zero-order chi connectivity index (χ0) is 23.8. The number of aromatic nitrogens is 3. The van der Waals surface area contributed by atoms with Gasteiger partial charge in [-0.1, -0.05) is 48.9 Å². The van der Waals surface area contributed by atoms with Crippen molar-refractivity contribution in [3.05, 3.63) is 72.6 Å². The highest BCUT2D eigenvalue weighted by atomic mass is 16.5. The van der Waals surface area contributed by atoms with Crippen LogP contribution in [0.4, 0.5) is 11.5 Å². The number of nitrogens with one attached hydrogen (secondary N) is 4. The van der Waals surface area contributed by atoms with Crippen molar-refractivity contribution in [2.75, 3.05) is 17.2 Å². The Morgan fingerprint density at radius 3 is 2.59 bits per heavy atom. The average Bonchev–Trinajstić information content (AvgIpc) is 3.32. The van der Waals surface area contributed by atoms with Crippen molar-refractivity contribution in [3.63, 3.8) is 0 Å². The minimum Gasteiger partial charge on any atom is -0.385 e. The molecule has 34 heavy (non-hydrogen) atoms. The molecule has 0 aliphatic rings. The number of carbonyl (C=O) groups is 1. The van der Waals surface area contributed by atoms with E-state index in [2.05, 4.69) is 75.0 Å². The van der Waals surface area contributed by atoms with Crippen LogP contribution in [0.15, 0.2) is 67.0 Å². The molecule has 4 aromatic rings. The zero-order valence-electron chi connectivity index (χ0n) is 19.2. The Morgan fingerprint density at radius 2 is 1.82 bits per heavy atom. The number of rotatable bonds is 11. The van der Waals surface area contributed by atoms with Crippen LogP contribution in [0.2, 0.25) is 0 Å². The Bertz CT molecular complexity index is 1210. The summed E-state index contributed by atoms with van der Waals surface area (Å²) >= 11 is 0. The van der Waals surface area contributed by atoms with Crippen LogP contribution in [-0.2, 0) is 4.79 Å². The van der Waals surface area contributed by atoms with Gasteiger partial charge in [-0.05, 0) is 49.1 Å². The number of amides is 1. The number of hydrogen-bond acceptors (Lipinski definition) is 6. The largest absolute Gasteiger partial charge is 0.385 e. The van der Waals surface area contributed by atoms with E-state index in [-0.39, 0.29) is 11.9 Å². The highest BCUT2D eigenvalue weighted by Gasteiger charge is 2.12. The van der Waals surface area contributed by atoms with E-state index >= 15 is 0 Å². The van der Waals surface area contributed by atoms with Gasteiger partial charge >= 0.3 is 0 Å². The molecule has 0 saturated carbocycles. The van der Waals surface area contributed by atoms with E-state index in [9.17, 15) is 4.79 Å². The first-order chi connectivity index (χ1) is 16.6. The third kappa shape index (κ3) is 5.90. The number of fused-ring (bicyclic) bond motifs is 1. The topological polar surface area (TPSA) is 115 Å². The quantitative estimate of drug-likeness (QED) is 0.119. The lowest BCUT2D eigenvalue weighted by atomic mass is 10.1. The fraction of sp³-hybridized carbons (Fsp3) is 0.269. The van der Waals surface area contributed by atoms with Crippen molar-refractivity contribution < 1.29 is 10.0 Å². The molecule has 0 spiro atoms. The van der Waals surface area contributed by atoms with E-state index in [4.69, 9.17) is 5.21 Å². The van der Waals surface area contributed by atoms with Crippen molar-refractivity contribution in [1.29, 1.82) is 0 Å². The number of hydrogen-bond donors (Lipinski definition) is 5. The lowest BCUT2D eigenvalue weighted by Crippen LogP contribution is -2.17. The summed E-state index contributed by atoms with van der Waals surface area (Å²) in [6.45, 7) is 2.95. The summed E-state index contributed by atoms with van der Waals surface area (Å²) in [5.74, 6) is 0.471. The number of benzene rings is 2. The Labute approximate surface area is 198 Å². The minimum atomic E-state index is -0.333. The molecule has 0 saturated heterocycles. The summed E-state index contributed by atoms with van der Waals surface area (Å²) in [5.41, 5.74) is 6.76. The third-order valence-electron chi connectivity index (χ3n) is 5.81. The fourth-order valence-electron chi connectivity index (χ4n) is 3.88. The summed E-state index contributed by atoms with van der Waals surface area (Å²) in [6, 6.07) is 20.8. The van der Waals surface area contributed by atoms with Crippen LogP contribution in [0, 0.1) is 0 Å². The van der Waals surface area contributed by atoms with Gasteiger partial charge in [-0.3, -0.25) is 10.0 Å². The van der Waals surface area contributed by atoms with Gasteiger partial charge in [0.1, 0.15) is 17.8 Å². The lowest BCUT2D eigenvalue weighted by Gasteiger charge is -2.15. The second kappa shape index (κ2) is 11.3. The van der Waals surface area contributed by atoms with Crippen LogP contribution < -0.4 is 16.1 Å². The van der Waals surface area contributed by atoms with Crippen molar-refractivity contribution in [2.24, 2.45) is 0 Å². The molecule has 8 heteroatoms. The van der Waals surface area contributed by atoms with Crippen LogP contribution in [-0.4, -0.2) is 32.6 Å². The van der Waals surface area contributed by atoms with Gasteiger partial charge in [-0.2, -0.15) is 0 Å². The molecule has 0 aliphatic heterocycles. The highest BCUT2D eigenvalue weighted by molar-refractivity contribution is 5.91. The maximum Gasteiger partial charge on any atom is 0.243 e. The zero-order valence-corrected chi connectivity index (χ0v) is 19.2. The molecule has 0 unspecified atom stereocenters. The normalized spacial score (nSPS) is 11.8. The predicted molar refractivity (Wildman–Crippen MR) is 135 cm³/mol. The van der Waals surface area contributed by atoms with Crippen molar-refractivity contribution in [3.8, 4) is 11.3 Å². The second-order valence-electron chi connectivity index (χ2n) is 8.29. The molecule has 8 nitrogen and oxygen atoms in total. The highest BCUT2D eigenvalue weighted by Crippen LogP contribution is 2.29. The van der Waals surface area contributed by atoms with Gasteiger partial charge in [-0.15, -0.1) is 0 Å². The Hall–Kier alpha value is -3.91. The molecule has 0 fully saturated rings. The van der Waals surface area contributed by atoms with Crippen LogP contribution in [0.25, 0.3) is 22.3 Å². The molecule has 0 radical (unpaired) electrons. The first-order valence-corrected chi connectivity index (χ1v) is 11.6. The van der Waals surface area contributed by atoms with Gasteiger partial charge in [-0.25, -0.2) is 15.4 Å². The summed E-state index contributed by atoms with van der Waals surface area (Å²) in [6.07, 6.45) is 4.57. The molecule has 5 N–H and O–H groups in total. The lowest BCUT2D eigenvalue weighted by molar-refractivity contribution is -0.129. The van der Waals surface area contributed by atoms with Crippen molar-refractivity contribution in [2.45, 2.75) is 38.6 Å². The molecule has 2 heterocycles. The van der Waals surface area contributed by atoms with Crippen LogP contribution >= 0.6 is 0 Å². The molecule has 1 amide bonds. The molecule has 4 rings (SSSR count). The van der Waals surface area contributed by atoms with E-state index in [0.717, 1.165) is 59.6 Å². The van der Waals surface area contributed by atoms with Crippen LogP contribution in [0.3, 0.4) is 0 Å². The molecule has 176 valence electrons. The number of H-pyrrole nitrogens is 1. The number of anilines is 2. The number of hydroxylamine groups is 1. The Morgan fingerprint density at radius 1 is 1.03 bits per heavy atom. The molecular weight excluding hydrogens is 428 g/mol. The smallest absolute Gasteiger partial charge is 0.243 e. The minimum absolute atomic E-state index is 0.120.